The fourth-order valence-electron chi connectivity index (χ4n) is 0.867. The molecule has 0 saturated heterocycles. The number of hydrogen-bond acceptors (Lipinski definition) is 1. The molecule has 0 saturated carbocycles. The molecule has 0 aliphatic rings. The van der Waals surface area contributed by atoms with Crippen LogP contribution in [-0.4, -0.2) is 17.9 Å². The lowest BCUT2D eigenvalue weighted by Crippen LogP contribution is -2.26. The molecule has 0 bridgehead atoms. The van der Waals surface area contributed by atoms with E-state index in [0.717, 1.165) is 0 Å². The van der Waals surface area contributed by atoms with Crippen molar-refractivity contribution in [2.45, 2.75) is 51.8 Å². The van der Waals surface area contributed by atoms with Crippen molar-refractivity contribution >= 4 is 0 Å². The molecule has 0 heterocycles. The highest BCUT2D eigenvalue weighted by atomic mass is 19.1. The molecule has 0 spiro atoms. The van der Waals surface area contributed by atoms with Gasteiger partial charge in [-0.3, -0.25) is 0 Å². The van der Waals surface area contributed by atoms with E-state index < -0.39 is 5.67 Å². The topological polar surface area (TPSA) is 9.23 Å². The van der Waals surface area contributed by atoms with Gasteiger partial charge in [0, 0.05) is 12.8 Å². The molecule has 0 aromatic carbocycles. The number of halogens is 1. The first-order valence-corrected chi connectivity index (χ1v) is 4.53. The minimum Gasteiger partial charge on any atom is -0.374 e. The molecule has 0 atom stereocenters. The Morgan fingerprint density at radius 3 is 2.23 bits per heavy atom. The molecule has 0 unspecified atom stereocenters. The van der Waals surface area contributed by atoms with Crippen LogP contribution in [0.15, 0.2) is 0 Å². The van der Waals surface area contributed by atoms with E-state index in [4.69, 9.17) is 11.2 Å². The summed E-state index contributed by atoms with van der Waals surface area (Å²) in [5.41, 5.74) is -1.49. The van der Waals surface area contributed by atoms with Crippen molar-refractivity contribution in [2.75, 3.05) is 6.61 Å². The summed E-state index contributed by atoms with van der Waals surface area (Å²) in [6.45, 7) is 7.34. The molecular weight excluding hydrogens is 167 g/mol. The monoisotopic (exact) mass is 186 g/mol. The van der Waals surface area contributed by atoms with Gasteiger partial charge >= 0.3 is 0 Å². The third-order valence-electron chi connectivity index (χ3n) is 1.72. The van der Waals surface area contributed by atoms with E-state index in [-0.39, 0.29) is 5.60 Å². The predicted molar refractivity (Wildman–Crippen MR) is 53.3 cm³/mol. The van der Waals surface area contributed by atoms with Crippen molar-refractivity contribution in [3.8, 4) is 12.3 Å². The Bertz CT molecular complexity index is 183. The van der Waals surface area contributed by atoms with Crippen molar-refractivity contribution in [3.63, 3.8) is 0 Å². The van der Waals surface area contributed by atoms with Gasteiger partial charge < -0.3 is 4.74 Å². The molecule has 0 rings (SSSR count). The van der Waals surface area contributed by atoms with Crippen LogP contribution in [0.2, 0.25) is 0 Å². The average Bonchev–Trinajstić information content (AvgIpc) is 1.82. The van der Waals surface area contributed by atoms with Gasteiger partial charge in [-0.15, -0.1) is 12.3 Å². The van der Waals surface area contributed by atoms with E-state index in [2.05, 4.69) is 5.92 Å². The lowest BCUT2D eigenvalue weighted by atomic mass is 10.1. The van der Waals surface area contributed by atoms with Gasteiger partial charge in [0.05, 0.1) is 12.2 Å². The smallest absolute Gasteiger partial charge is 0.107 e. The number of terminal acetylenes is 1. The third kappa shape index (κ3) is 7.80. The second-order valence-corrected chi connectivity index (χ2v) is 4.46. The standard InChI is InChI=1S/C11H19FO/c1-6-7-11(4,5)13-9-8-10(2,3)12/h1H,7-9H2,2-5H3. The summed E-state index contributed by atoms with van der Waals surface area (Å²) in [6.07, 6.45) is 6.13. The van der Waals surface area contributed by atoms with E-state index >= 15 is 0 Å². The van der Waals surface area contributed by atoms with Gasteiger partial charge in [-0.2, -0.15) is 0 Å². The molecule has 0 radical (unpaired) electrons. The van der Waals surface area contributed by atoms with E-state index in [1.54, 1.807) is 13.8 Å². The molecule has 0 aromatic rings. The van der Waals surface area contributed by atoms with Gasteiger partial charge in [0.1, 0.15) is 5.67 Å². The number of hydrogen-bond donors (Lipinski definition) is 0. The SMILES string of the molecule is C#CCC(C)(C)OCCC(C)(C)F. The van der Waals surface area contributed by atoms with Crippen LogP contribution < -0.4 is 0 Å². The lowest BCUT2D eigenvalue weighted by Gasteiger charge is -2.24. The van der Waals surface area contributed by atoms with Gasteiger partial charge in [0.25, 0.3) is 0 Å². The zero-order chi connectivity index (χ0) is 10.5. The van der Waals surface area contributed by atoms with Crippen molar-refractivity contribution in [3.05, 3.63) is 0 Å². The Balaban J connectivity index is 3.71. The predicted octanol–water partition coefficient (Wildman–Crippen LogP) is 2.94. The zero-order valence-electron chi connectivity index (χ0n) is 8.98. The number of alkyl halides is 1. The van der Waals surface area contributed by atoms with Gasteiger partial charge in [0.2, 0.25) is 0 Å². The van der Waals surface area contributed by atoms with Gasteiger partial charge in [0.15, 0.2) is 0 Å². The fourth-order valence-corrected chi connectivity index (χ4v) is 0.867. The normalized spacial score (nSPS) is 12.6. The molecule has 0 aliphatic heterocycles. The molecule has 1 nitrogen and oxygen atoms in total. The number of ether oxygens (including phenoxy) is 1. The summed E-state index contributed by atoms with van der Waals surface area (Å²) in [4.78, 5) is 0. The summed E-state index contributed by atoms with van der Waals surface area (Å²) in [5, 5.41) is 0. The summed E-state index contributed by atoms with van der Waals surface area (Å²) < 4.78 is 18.5. The summed E-state index contributed by atoms with van der Waals surface area (Å²) >= 11 is 0. The maximum absolute atomic E-state index is 13.0. The van der Waals surface area contributed by atoms with Crippen LogP contribution >= 0.6 is 0 Å². The van der Waals surface area contributed by atoms with Crippen LogP contribution in [0, 0.1) is 12.3 Å². The van der Waals surface area contributed by atoms with Crippen molar-refractivity contribution < 1.29 is 9.13 Å². The van der Waals surface area contributed by atoms with E-state index in [0.29, 0.717) is 19.4 Å². The van der Waals surface area contributed by atoms with Gasteiger partial charge in [-0.25, -0.2) is 4.39 Å². The fraction of sp³-hybridized carbons (Fsp3) is 0.818. The van der Waals surface area contributed by atoms with E-state index in [9.17, 15) is 4.39 Å². The van der Waals surface area contributed by atoms with Crippen molar-refractivity contribution in [2.24, 2.45) is 0 Å². The maximum atomic E-state index is 13.0. The highest BCUT2D eigenvalue weighted by Crippen LogP contribution is 2.18. The van der Waals surface area contributed by atoms with Gasteiger partial charge in [-0.1, -0.05) is 0 Å². The second-order valence-electron chi connectivity index (χ2n) is 4.46. The minimum atomic E-state index is -1.16. The van der Waals surface area contributed by atoms with Gasteiger partial charge in [-0.05, 0) is 27.7 Å². The Morgan fingerprint density at radius 2 is 1.85 bits per heavy atom. The lowest BCUT2D eigenvalue weighted by molar-refractivity contribution is -0.0285. The quantitative estimate of drug-likeness (QED) is 0.600. The molecule has 76 valence electrons. The highest BCUT2D eigenvalue weighted by Gasteiger charge is 2.20. The van der Waals surface area contributed by atoms with E-state index in [1.807, 2.05) is 13.8 Å². The molecule has 2 heteroatoms. The van der Waals surface area contributed by atoms with Crippen LogP contribution in [0.1, 0.15) is 40.5 Å². The molecule has 0 N–H and O–H groups in total. The van der Waals surface area contributed by atoms with Crippen molar-refractivity contribution in [1.29, 1.82) is 0 Å². The minimum absolute atomic E-state index is 0.333. The summed E-state index contributed by atoms with van der Waals surface area (Å²) in [5.74, 6) is 2.54. The molecule has 0 fully saturated rings. The highest BCUT2D eigenvalue weighted by molar-refractivity contribution is 4.91. The van der Waals surface area contributed by atoms with Crippen LogP contribution in [0.25, 0.3) is 0 Å². The molecule has 0 aromatic heterocycles. The molecule has 13 heavy (non-hydrogen) atoms. The Labute approximate surface area is 80.7 Å². The Morgan fingerprint density at radius 1 is 1.31 bits per heavy atom. The molecule has 0 amide bonds. The Hall–Kier alpha value is -0.550. The average molecular weight is 186 g/mol. The Kier molecular flexibility index (Phi) is 4.43. The van der Waals surface area contributed by atoms with Crippen LogP contribution in [0.5, 0.6) is 0 Å². The van der Waals surface area contributed by atoms with Crippen LogP contribution in [0.3, 0.4) is 0 Å². The van der Waals surface area contributed by atoms with Crippen LogP contribution in [-0.2, 0) is 4.74 Å². The second kappa shape index (κ2) is 4.62. The van der Waals surface area contributed by atoms with Crippen LogP contribution in [0.4, 0.5) is 4.39 Å². The first-order valence-electron chi connectivity index (χ1n) is 4.53. The first-order chi connectivity index (χ1) is 5.77. The maximum Gasteiger partial charge on any atom is 0.107 e. The van der Waals surface area contributed by atoms with Crippen molar-refractivity contribution in [1.82, 2.24) is 0 Å². The summed E-state index contributed by atoms with van der Waals surface area (Å²) in [6, 6.07) is 0. The first kappa shape index (κ1) is 12.4. The largest absolute Gasteiger partial charge is 0.374 e. The molecular formula is C11H19FO. The van der Waals surface area contributed by atoms with E-state index in [1.165, 1.54) is 0 Å². The summed E-state index contributed by atoms with van der Waals surface area (Å²) in [7, 11) is 0. The number of rotatable bonds is 5. The third-order valence-corrected chi connectivity index (χ3v) is 1.72. The zero-order valence-corrected chi connectivity index (χ0v) is 8.98. The molecule has 0 aliphatic carbocycles.